The highest BCUT2D eigenvalue weighted by Gasteiger charge is 2.19. The Morgan fingerprint density at radius 3 is 2.48 bits per heavy atom. The van der Waals surface area contributed by atoms with Gasteiger partial charge in [-0.1, -0.05) is 13.8 Å². The van der Waals surface area contributed by atoms with E-state index in [4.69, 9.17) is 5.73 Å². The third-order valence-corrected chi connectivity index (χ3v) is 4.73. The van der Waals surface area contributed by atoms with E-state index in [2.05, 4.69) is 53.0 Å². The number of rotatable bonds is 6. The molecule has 2 aromatic heterocycles. The Balaban J connectivity index is 2.27. The van der Waals surface area contributed by atoms with Crippen LogP contribution in [0.1, 0.15) is 49.6 Å². The Hall–Kier alpha value is -1.14. The number of nitrogens with zero attached hydrogens (tertiary/aromatic N) is 4. The van der Waals surface area contributed by atoms with E-state index < -0.39 is 0 Å². The highest BCUT2D eigenvalue weighted by atomic mass is 79.9. The Bertz CT molecular complexity index is 614. The number of hydrogen-bond acceptors (Lipinski definition) is 3. The molecule has 0 fully saturated rings. The summed E-state index contributed by atoms with van der Waals surface area (Å²) < 4.78 is 5.02. The molecular weight excluding hydrogens is 330 g/mol. The molecule has 0 aliphatic carbocycles. The first-order valence-electron chi connectivity index (χ1n) is 7.54. The van der Waals surface area contributed by atoms with Crippen LogP contribution in [0.4, 0.5) is 0 Å². The SMILES string of the molecule is CCc1cc(C(N)Cc2c(Br)c(CC)nn2C)n(CC)n1. The standard InChI is InChI=1S/C15H24BrN5/c1-5-10-8-13(21(7-3)18-10)11(17)9-14-15(16)12(6-2)19-20(14)4/h8,11H,5-7,9,17H2,1-4H3. The van der Waals surface area contributed by atoms with Gasteiger partial charge in [-0.05, 0) is 41.8 Å². The second kappa shape index (κ2) is 6.75. The number of aryl methyl sites for hydroxylation is 4. The van der Waals surface area contributed by atoms with Crippen LogP contribution < -0.4 is 5.73 Å². The van der Waals surface area contributed by atoms with Crippen LogP contribution in [0.15, 0.2) is 10.5 Å². The topological polar surface area (TPSA) is 61.7 Å². The van der Waals surface area contributed by atoms with E-state index in [1.165, 1.54) is 0 Å². The van der Waals surface area contributed by atoms with E-state index in [0.717, 1.165) is 53.1 Å². The smallest absolute Gasteiger partial charge is 0.0766 e. The third kappa shape index (κ3) is 3.21. The van der Waals surface area contributed by atoms with E-state index in [9.17, 15) is 0 Å². The second-order valence-electron chi connectivity index (χ2n) is 5.23. The highest BCUT2D eigenvalue weighted by molar-refractivity contribution is 9.10. The van der Waals surface area contributed by atoms with Crippen LogP contribution in [0, 0.1) is 0 Å². The van der Waals surface area contributed by atoms with Gasteiger partial charge in [0, 0.05) is 20.0 Å². The van der Waals surface area contributed by atoms with Crippen LogP contribution in [-0.4, -0.2) is 19.6 Å². The summed E-state index contributed by atoms with van der Waals surface area (Å²) in [6.07, 6.45) is 2.59. The fourth-order valence-electron chi connectivity index (χ4n) is 2.57. The molecule has 21 heavy (non-hydrogen) atoms. The Kier molecular flexibility index (Phi) is 5.22. The molecule has 0 bridgehead atoms. The van der Waals surface area contributed by atoms with Crippen LogP contribution >= 0.6 is 15.9 Å². The molecule has 0 saturated heterocycles. The van der Waals surface area contributed by atoms with Crippen LogP contribution in [0.3, 0.4) is 0 Å². The van der Waals surface area contributed by atoms with Crippen molar-refractivity contribution in [1.29, 1.82) is 0 Å². The van der Waals surface area contributed by atoms with Crippen molar-refractivity contribution in [2.45, 2.75) is 52.6 Å². The molecule has 0 aromatic carbocycles. The van der Waals surface area contributed by atoms with E-state index in [-0.39, 0.29) is 6.04 Å². The Labute approximate surface area is 134 Å². The number of halogens is 1. The molecule has 116 valence electrons. The van der Waals surface area contributed by atoms with Crippen LogP contribution in [0.2, 0.25) is 0 Å². The summed E-state index contributed by atoms with van der Waals surface area (Å²) in [4.78, 5) is 0. The molecule has 2 rings (SSSR count). The van der Waals surface area contributed by atoms with Crippen molar-refractivity contribution in [3.63, 3.8) is 0 Å². The molecule has 2 aromatic rings. The molecule has 0 spiro atoms. The molecule has 1 atom stereocenters. The Morgan fingerprint density at radius 2 is 1.95 bits per heavy atom. The van der Waals surface area contributed by atoms with Crippen molar-refractivity contribution in [2.75, 3.05) is 0 Å². The van der Waals surface area contributed by atoms with Gasteiger partial charge in [-0.25, -0.2) is 0 Å². The Morgan fingerprint density at radius 1 is 1.24 bits per heavy atom. The molecule has 2 heterocycles. The average Bonchev–Trinajstić information content (AvgIpc) is 3.02. The first-order chi connectivity index (χ1) is 10.0. The summed E-state index contributed by atoms with van der Waals surface area (Å²) in [6.45, 7) is 7.16. The first-order valence-corrected chi connectivity index (χ1v) is 8.33. The van der Waals surface area contributed by atoms with Gasteiger partial charge in [-0.3, -0.25) is 9.36 Å². The zero-order valence-corrected chi connectivity index (χ0v) is 14.8. The minimum Gasteiger partial charge on any atom is -0.322 e. The van der Waals surface area contributed by atoms with E-state index >= 15 is 0 Å². The third-order valence-electron chi connectivity index (χ3n) is 3.82. The van der Waals surface area contributed by atoms with E-state index in [0.29, 0.717) is 0 Å². The number of aromatic nitrogens is 4. The van der Waals surface area contributed by atoms with Gasteiger partial charge < -0.3 is 5.73 Å². The maximum Gasteiger partial charge on any atom is 0.0766 e. The minimum absolute atomic E-state index is 0.0749. The van der Waals surface area contributed by atoms with Crippen LogP contribution in [-0.2, 0) is 32.9 Å². The normalized spacial score (nSPS) is 12.9. The van der Waals surface area contributed by atoms with Gasteiger partial charge in [0.15, 0.2) is 0 Å². The summed E-state index contributed by atoms with van der Waals surface area (Å²) in [5.41, 5.74) is 10.9. The molecule has 0 aliphatic heterocycles. The van der Waals surface area contributed by atoms with Crippen molar-refractivity contribution in [3.05, 3.63) is 33.3 Å². The van der Waals surface area contributed by atoms with E-state index in [1.54, 1.807) is 0 Å². The lowest BCUT2D eigenvalue weighted by Crippen LogP contribution is -2.19. The van der Waals surface area contributed by atoms with Crippen molar-refractivity contribution in [1.82, 2.24) is 19.6 Å². The summed E-state index contributed by atoms with van der Waals surface area (Å²) in [5.74, 6) is 0. The van der Waals surface area contributed by atoms with Gasteiger partial charge >= 0.3 is 0 Å². The average molecular weight is 354 g/mol. The second-order valence-corrected chi connectivity index (χ2v) is 6.02. The lowest BCUT2D eigenvalue weighted by atomic mass is 10.1. The van der Waals surface area contributed by atoms with Crippen molar-refractivity contribution >= 4 is 15.9 Å². The van der Waals surface area contributed by atoms with Gasteiger partial charge in [-0.2, -0.15) is 10.2 Å². The van der Waals surface area contributed by atoms with E-state index in [1.807, 2.05) is 16.4 Å². The van der Waals surface area contributed by atoms with Gasteiger partial charge in [-0.15, -0.1) is 0 Å². The maximum atomic E-state index is 6.44. The summed E-state index contributed by atoms with van der Waals surface area (Å²) in [7, 11) is 1.97. The highest BCUT2D eigenvalue weighted by Crippen LogP contribution is 2.26. The predicted octanol–water partition coefficient (Wildman–Crippen LogP) is 2.77. The fraction of sp³-hybridized carbons (Fsp3) is 0.600. The monoisotopic (exact) mass is 353 g/mol. The van der Waals surface area contributed by atoms with Gasteiger partial charge in [0.25, 0.3) is 0 Å². The molecule has 2 N–H and O–H groups in total. The molecule has 0 saturated carbocycles. The molecule has 1 unspecified atom stereocenters. The van der Waals surface area contributed by atoms with Gasteiger partial charge in [0.1, 0.15) is 0 Å². The zero-order chi connectivity index (χ0) is 15.6. The number of nitrogens with two attached hydrogens (primary N) is 1. The molecule has 5 nitrogen and oxygen atoms in total. The lowest BCUT2D eigenvalue weighted by molar-refractivity contribution is 0.551. The molecule has 0 aliphatic rings. The van der Waals surface area contributed by atoms with Gasteiger partial charge in [0.2, 0.25) is 0 Å². The summed E-state index contributed by atoms with van der Waals surface area (Å²) in [5, 5.41) is 9.11. The largest absolute Gasteiger partial charge is 0.322 e. The molecule has 0 amide bonds. The summed E-state index contributed by atoms with van der Waals surface area (Å²) in [6, 6.07) is 2.05. The zero-order valence-electron chi connectivity index (χ0n) is 13.2. The fourth-order valence-corrected chi connectivity index (χ4v) is 3.34. The molecular formula is C15H24BrN5. The summed E-state index contributed by atoms with van der Waals surface area (Å²) >= 11 is 3.66. The van der Waals surface area contributed by atoms with Crippen LogP contribution in [0.5, 0.6) is 0 Å². The first kappa shape index (κ1) is 16.2. The van der Waals surface area contributed by atoms with Crippen molar-refractivity contribution in [2.24, 2.45) is 12.8 Å². The quantitative estimate of drug-likeness (QED) is 0.868. The molecule has 0 radical (unpaired) electrons. The van der Waals surface area contributed by atoms with Gasteiger partial charge in [0.05, 0.1) is 33.3 Å². The predicted molar refractivity (Wildman–Crippen MR) is 88.2 cm³/mol. The minimum atomic E-state index is -0.0749. The molecule has 6 heteroatoms. The van der Waals surface area contributed by atoms with Crippen molar-refractivity contribution in [3.8, 4) is 0 Å². The maximum absolute atomic E-state index is 6.44. The van der Waals surface area contributed by atoms with Crippen LogP contribution in [0.25, 0.3) is 0 Å². The number of hydrogen-bond donors (Lipinski definition) is 1. The lowest BCUT2D eigenvalue weighted by Gasteiger charge is -2.13. The van der Waals surface area contributed by atoms with Crippen molar-refractivity contribution < 1.29 is 0 Å².